The molecule has 1 aromatic rings. The number of aromatic hydroxyl groups is 1. The number of benzene rings is 1. The van der Waals surface area contributed by atoms with Crippen molar-refractivity contribution >= 4 is 33.5 Å². The van der Waals surface area contributed by atoms with Crippen LogP contribution in [0, 0.1) is 0 Å². The molecule has 0 aliphatic heterocycles. The van der Waals surface area contributed by atoms with Crippen molar-refractivity contribution in [1.82, 2.24) is 10.8 Å². The number of nitrogens with one attached hydrogen (secondary N) is 2. The first kappa shape index (κ1) is 16.9. The lowest BCUT2D eigenvalue weighted by atomic mass is 10.1. The molecule has 0 fully saturated rings. The number of hydrogen-bond donors (Lipinski definition) is 5. The number of hydroxylamine groups is 1. The molecule has 0 aliphatic rings. The maximum atomic E-state index is 11.7. The van der Waals surface area contributed by atoms with Gasteiger partial charge < -0.3 is 15.6 Å². The number of hydrogen-bond acceptors (Lipinski definition) is 6. The largest absolute Gasteiger partial charge is 0.507 e. The van der Waals surface area contributed by atoms with Crippen molar-refractivity contribution in [3.8, 4) is 5.75 Å². The minimum atomic E-state index is -0.639. The lowest BCUT2D eigenvalue weighted by Gasteiger charge is -2.07. The Balaban J connectivity index is 2.60. The predicted octanol–water partition coefficient (Wildman–Crippen LogP) is 0.539. The van der Waals surface area contributed by atoms with Crippen LogP contribution in [0.1, 0.15) is 12.0 Å². The molecule has 0 heterocycles. The standard InChI is InChI=1S/C12H14BrN3O5/c13-8-5-7(1-2-10(8)17)6-9(15-20)12(19)14-4-3-11(18)16-21/h1-2,5,17,20-21H,3-4,6H2,(H,14,19)(H,16,18)/b15-9+. The summed E-state index contributed by atoms with van der Waals surface area (Å²) in [5.74, 6) is -1.21. The van der Waals surface area contributed by atoms with Crippen LogP contribution in [0.5, 0.6) is 5.75 Å². The Morgan fingerprint density at radius 2 is 2.05 bits per heavy atom. The smallest absolute Gasteiger partial charge is 0.269 e. The lowest BCUT2D eigenvalue weighted by Crippen LogP contribution is -2.35. The van der Waals surface area contributed by atoms with E-state index in [2.05, 4.69) is 26.4 Å². The number of phenols is 1. The van der Waals surface area contributed by atoms with Crippen molar-refractivity contribution < 1.29 is 25.1 Å². The molecule has 1 rings (SSSR count). The maximum Gasteiger partial charge on any atom is 0.269 e. The van der Waals surface area contributed by atoms with Gasteiger partial charge in [-0.3, -0.25) is 14.8 Å². The van der Waals surface area contributed by atoms with Crippen molar-refractivity contribution in [2.75, 3.05) is 6.54 Å². The van der Waals surface area contributed by atoms with E-state index in [1.807, 2.05) is 0 Å². The van der Waals surface area contributed by atoms with Crippen LogP contribution in [0.25, 0.3) is 0 Å². The summed E-state index contributed by atoms with van der Waals surface area (Å²) in [6, 6.07) is 4.61. The zero-order valence-corrected chi connectivity index (χ0v) is 12.4. The molecule has 1 aromatic carbocycles. The van der Waals surface area contributed by atoms with Gasteiger partial charge in [0.25, 0.3) is 5.91 Å². The lowest BCUT2D eigenvalue weighted by molar-refractivity contribution is -0.129. The topological polar surface area (TPSA) is 131 Å². The molecule has 0 saturated heterocycles. The number of nitrogens with zero attached hydrogens (tertiary/aromatic N) is 1. The van der Waals surface area contributed by atoms with E-state index in [1.54, 1.807) is 12.1 Å². The molecule has 0 unspecified atom stereocenters. The summed E-state index contributed by atoms with van der Waals surface area (Å²) in [6.45, 7) is -0.0104. The van der Waals surface area contributed by atoms with Gasteiger partial charge in [-0.2, -0.15) is 0 Å². The first-order valence-corrected chi connectivity index (χ1v) is 6.66. The Kier molecular flexibility index (Phi) is 6.63. The maximum absolute atomic E-state index is 11.7. The van der Waals surface area contributed by atoms with Crippen LogP contribution in [0.4, 0.5) is 0 Å². The number of halogens is 1. The average Bonchev–Trinajstić information content (AvgIpc) is 2.47. The van der Waals surface area contributed by atoms with Crippen LogP contribution in [0.2, 0.25) is 0 Å². The molecule has 0 aliphatic carbocycles. The van der Waals surface area contributed by atoms with Crippen LogP contribution in [-0.2, 0) is 16.0 Å². The summed E-state index contributed by atoms with van der Waals surface area (Å²) >= 11 is 3.14. The number of amides is 2. The van der Waals surface area contributed by atoms with Crippen LogP contribution in [0.15, 0.2) is 27.8 Å². The molecule has 0 bridgehead atoms. The van der Waals surface area contributed by atoms with Gasteiger partial charge in [-0.1, -0.05) is 11.2 Å². The Labute approximate surface area is 128 Å². The number of rotatable bonds is 6. The first-order valence-electron chi connectivity index (χ1n) is 5.87. The highest BCUT2D eigenvalue weighted by Crippen LogP contribution is 2.24. The van der Waals surface area contributed by atoms with Gasteiger partial charge >= 0.3 is 0 Å². The molecule has 9 heteroatoms. The zero-order valence-electron chi connectivity index (χ0n) is 10.8. The van der Waals surface area contributed by atoms with E-state index in [4.69, 9.17) is 10.4 Å². The summed E-state index contributed by atoms with van der Waals surface area (Å²) in [7, 11) is 0. The molecule has 0 aromatic heterocycles. The molecule has 0 radical (unpaired) electrons. The average molecular weight is 360 g/mol. The molecule has 8 nitrogen and oxygen atoms in total. The Morgan fingerprint density at radius 1 is 1.33 bits per heavy atom. The quantitative estimate of drug-likeness (QED) is 0.219. The Bertz CT molecular complexity index is 562. The highest BCUT2D eigenvalue weighted by molar-refractivity contribution is 9.10. The van der Waals surface area contributed by atoms with E-state index >= 15 is 0 Å². The number of carbonyl (C=O) groups excluding carboxylic acids is 2. The van der Waals surface area contributed by atoms with E-state index in [0.29, 0.717) is 10.0 Å². The number of carbonyl (C=O) groups is 2. The van der Waals surface area contributed by atoms with Crippen LogP contribution < -0.4 is 10.8 Å². The highest BCUT2D eigenvalue weighted by Gasteiger charge is 2.14. The van der Waals surface area contributed by atoms with Crippen molar-refractivity contribution in [3.05, 3.63) is 28.2 Å². The van der Waals surface area contributed by atoms with Crippen molar-refractivity contribution in [2.24, 2.45) is 5.16 Å². The van der Waals surface area contributed by atoms with E-state index in [1.165, 1.54) is 11.5 Å². The van der Waals surface area contributed by atoms with Gasteiger partial charge in [-0.15, -0.1) is 0 Å². The molecule has 0 spiro atoms. The van der Waals surface area contributed by atoms with Gasteiger partial charge in [0.1, 0.15) is 11.5 Å². The van der Waals surface area contributed by atoms with Gasteiger partial charge in [0.2, 0.25) is 5.91 Å². The van der Waals surface area contributed by atoms with Gasteiger partial charge in [0.05, 0.1) is 4.47 Å². The van der Waals surface area contributed by atoms with Gasteiger partial charge in [-0.25, -0.2) is 5.48 Å². The minimum absolute atomic E-state index is 0.0104. The van der Waals surface area contributed by atoms with Gasteiger partial charge in [0.15, 0.2) is 0 Å². The molecule has 5 N–H and O–H groups in total. The van der Waals surface area contributed by atoms with Crippen molar-refractivity contribution in [1.29, 1.82) is 0 Å². The molecule has 21 heavy (non-hydrogen) atoms. The third-order valence-corrected chi connectivity index (χ3v) is 3.16. The van der Waals surface area contributed by atoms with Crippen molar-refractivity contribution in [2.45, 2.75) is 12.8 Å². The first-order chi connectivity index (χ1) is 9.97. The van der Waals surface area contributed by atoms with Crippen LogP contribution in [-0.4, -0.2) is 39.6 Å². The second kappa shape index (κ2) is 8.22. The van der Waals surface area contributed by atoms with Gasteiger partial charge in [-0.05, 0) is 33.6 Å². The molecule has 0 atom stereocenters. The normalized spacial score (nSPS) is 11.0. The third kappa shape index (κ3) is 5.40. The zero-order chi connectivity index (χ0) is 15.8. The second-order valence-electron chi connectivity index (χ2n) is 4.05. The number of phenolic OH excluding ortho intramolecular Hbond substituents is 1. The fourth-order valence-corrected chi connectivity index (χ4v) is 1.89. The van der Waals surface area contributed by atoms with E-state index < -0.39 is 11.8 Å². The fourth-order valence-electron chi connectivity index (χ4n) is 1.46. The minimum Gasteiger partial charge on any atom is -0.507 e. The predicted molar refractivity (Wildman–Crippen MR) is 76.3 cm³/mol. The Hall–Kier alpha value is -2.13. The van der Waals surface area contributed by atoms with E-state index in [-0.39, 0.29) is 30.8 Å². The second-order valence-corrected chi connectivity index (χ2v) is 4.90. The summed E-state index contributed by atoms with van der Waals surface area (Å²) in [5.41, 5.74) is 1.94. The summed E-state index contributed by atoms with van der Waals surface area (Å²) in [5, 5.41) is 31.9. The molecule has 114 valence electrons. The Morgan fingerprint density at radius 3 is 2.62 bits per heavy atom. The van der Waals surface area contributed by atoms with Gasteiger partial charge in [0, 0.05) is 19.4 Å². The molecular formula is C12H14BrN3O5. The summed E-state index contributed by atoms with van der Waals surface area (Å²) in [6.07, 6.45) is -0.0564. The summed E-state index contributed by atoms with van der Waals surface area (Å²) in [4.78, 5) is 22.5. The third-order valence-electron chi connectivity index (χ3n) is 2.53. The molecule has 0 saturated carbocycles. The number of oxime groups is 1. The summed E-state index contributed by atoms with van der Waals surface area (Å²) < 4.78 is 0.456. The SMILES string of the molecule is O=C(CCNC(=O)/C(Cc1ccc(O)c(Br)c1)=N/O)NO. The van der Waals surface area contributed by atoms with Crippen LogP contribution in [0.3, 0.4) is 0 Å². The molecule has 2 amide bonds. The fraction of sp³-hybridized carbons (Fsp3) is 0.250. The van der Waals surface area contributed by atoms with E-state index in [0.717, 1.165) is 0 Å². The van der Waals surface area contributed by atoms with Crippen molar-refractivity contribution in [3.63, 3.8) is 0 Å². The highest BCUT2D eigenvalue weighted by atomic mass is 79.9. The monoisotopic (exact) mass is 359 g/mol. The van der Waals surface area contributed by atoms with E-state index in [9.17, 15) is 14.7 Å². The molecular weight excluding hydrogens is 346 g/mol. The van der Waals surface area contributed by atoms with Crippen LogP contribution >= 0.6 is 15.9 Å².